The number of likely N-dealkylation sites (tertiary alicyclic amines) is 1. The van der Waals surface area contributed by atoms with Crippen molar-refractivity contribution in [2.24, 2.45) is 10.9 Å². The molecule has 1 saturated heterocycles. The van der Waals surface area contributed by atoms with Crippen LogP contribution >= 0.6 is 24.0 Å². The van der Waals surface area contributed by atoms with Crippen LogP contribution in [0.25, 0.3) is 0 Å². The SMILES string of the molecule is CCS(=O)C1CCCC(NC(=NC)NCC2CC(C)N(Cc3ccccc3)C2)C1.I. The molecule has 1 saturated carbocycles. The average Bonchev–Trinajstić information content (AvgIpc) is 3.10. The van der Waals surface area contributed by atoms with Gasteiger partial charge in [-0.2, -0.15) is 0 Å². The van der Waals surface area contributed by atoms with Gasteiger partial charge in [0, 0.05) is 60.6 Å². The number of nitrogens with one attached hydrogen (secondary N) is 2. The number of hydrogen-bond donors (Lipinski definition) is 2. The molecule has 5 unspecified atom stereocenters. The number of nitrogens with zero attached hydrogens (tertiary/aromatic N) is 2. The lowest BCUT2D eigenvalue weighted by Gasteiger charge is -2.30. The van der Waals surface area contributed by atoms with Crippen LogP contribution in [0, 0.1) is 5.92 Å². The summed E-state index contributed by atoms with van der Waals surface area (Å²) in [5.41, 5.74) is 1.39. The molecular formula is C23H39IN4OS. The molecule has 5 atom stereocenters. The van der Waals surface area contributed by atoms with E-state index in [-0.39, 0.29) is 24.0 Å². The Morgan fingerprint density at radius 3 is 2.70 bits per heavy atom. The summed E-state index contributed by atoms with van der Waals surface area (Å²) in [5, 5.41) is 7.49. The molecule has 1 aromatic carbocycles. The first-order valence-corrected chi connectivity index (χ1v) is 12.6. The number of hydrogen-bond acceptors (Lipinski definition) is 3. The minimum Gasteiger partial charge on any atom is -0.356 e. The Kier molecular flexibility index (Phi) is 11.1. The smallest absolute Gasteiger partial charge is 0.191 e. The highest BCUT2D eigenvalue weighted by molar-refractivity contribution is 14.0. The van der Waals surface area contributed by atoms with Crippen LogP contribution in [0.4, 0.5) is 0 Å². The van der Waals surface area contributed by atoms with Gasteiger partial charge in [0.1, 0.15) is 0 Å². The summed E-state index contributed by atoms with van der Waals surface area (Å²) in [4.78, 5) is 7.03. The molecule has 0 bridgehead atoms. The zero-order valence-corrected chi connectivity index (χ0v) is 21.8. The van der Waals surface area contributed by atoms with E-state index >= 15 is 0 Å². The van der Waals surface area contributed by atoms with Crippen molar-refractivity contribution < 1.29 is 4.21 Å². The summed E-state index contributed by atoms with van der Waals surface area (Å²) in [6.45, 7) is 7.47. The van der Waals surface area contributed by atoms with Crippen molar-refractivity contribution in [2.75, 3.05) is 25.9 Å². The lowest BCUT2D eigenvalue weighted by Crippen LogP contribution is -2.47. The molecule has 1 aliphatic heterocycles. The predicted molar refractivity (Wildman–Crippen MR) is 139 cm³/mol. The molecular weight excluding hydrogens is 507 g/mol. The maximum absolute atomic E-state index is 12.2. The molecule has 0 radical (unpaired) electrons. The van der Waals surface area contributed by atoms with Crippen molar-refractivity contribution in [3.05, 3.63) is 35.9 Å². The Balaban J connectivity index is 0.00000320. The highest BCUT2D eigenvalue weighted by atomic mass is 127. The van der Waals surface area contributed by atoms with Crippen molar-refractivity contribution in [1.29, 1.82) is 0 Å². The molecule has 3 rings (SSSR count). The first-order valence-electron chi connectivity index (χ1n) is 11.2. The van der Waals surface area contributed by atoms with Crippen LogP contribution in [0.1, 0.15) is 51.5 Å². The maximum atomic E-state index is 12.2. The van der Waals surface area contributed by atoms with Gasteiger partial charge in [-0.15, -0.1) is 24.0 Å². The highest BCUT2D eigenvalue weighted by Crippen LogP contribution is 2.25. The van der Waals surface area contributed by atoms with Gasteiger partial charge in [0.05, 0.1) is 0 Å². The third kappa shape index (κ3) is 7.48. The second-order valence-electron chi connectivity index (χ2n) is 8.62. The van der Waals surface area contributed by atoms with E-state index in [0.29, 0.717) is 23.3 Å². The molecule has 2 aliphatic rings. The predicted octanol–water partition coefficient (Wildman–Crippen LogP) is 3.76. The van der Waals surface area contributed by atoms with Crippen LogP contribution in [0.3, 0.4) is 0 Å². The van der Waals surface area contributed by atoms with Crippen LogP contribution in [0.15, 0.2) is 35.3 Å². The molecule has 170 valence electrons. The monoisotopic (exact) mass is 546 g/mol. The molecule has 7 heteroatoms. The van der Waals surface area contributed by atoms with Crippen LogP contribution in [0.5, 0.6) is 0 Å². The molecule has 0 aromatic heterocycles. The fraction of sp³-hybridized carbons (Fsp3) is 0.696. The van der Waals surface area contributed by atoms with Gasteiger partial charge >= 0.3 is 0 Å². The minimum atomic E-state index is -0.687. The van der Waals surface area contributed by atoms with Gasteiger partial charge in [-0.1, -0.05) is 43.7 Å². The van der Waals surface area contributed by atoms with Crippen LogP contribution in [0.2, 0.25) is 0 Å². The van der Waals surface area contributed by atoms with Crippen molar-refractivity contribution in [2.45, 2.75) is 69.8 Å². The second-order valence-corrected chi connectivity index (χ2v) is 10.6. The summed E-state index contributed by atoms with van der Waals surface area (Å²) in [6, 6.07) is 11.7. The second kappa shape index (κ2) is 13.0. The van der Waals surface area contributed by atoms with Gasteiger partial charge in [-0.3, -0.25) is 14.1 Å². The third-order valence-corrected chi connectivity index (χ3v) is 8.16. The van der Waals surface area contributed by atoms with E-state index in [4.69, 9.17) is 0 Å². The van der Waals surface area contributed by atoms with E-state index in [1.807, 2.05) is 14.0 Å². The van der Waals surface area contributed by atoms with Gasteiger partial charge in [-0.05, 0) is 44.1 Å². The molecule has 1 aromatic rings. The van der Waals surface area contributed by atoms with Crippen LogP contribution in [-0.2, 0) is 17.3 Å². The molecule has 5 nitrogen and oxygen atoms in total. The molecule has 2 fully saturated rings. The van der Waals surface area contributed by atoms with E-state index in [2.05, 4.69) is 57.8 Å². The Morgan fingerprint density at radius 2 is 2.00 bits per heavy atom. The number of benzene rings is 1. The fourth-order valence-electron chi connectivity index (χ4n) is 4.78. The van der Waals surface area contributed by atoms with Gasteiger partial charge in [-0.25, -0.2) is 0 Å². The van der Waals surface area contributed by atoms with Crippen LogP contribution in [-0.4, -0.2) is 58.3 Å². The van der Waals surface area contributed by atoms with Gasteiger partial charge in [0.15, 0.2) is 5.96 Å². The van der Waals surface area contributed by atoms with Crippen molar-refractivity contribution >= 4 is 40.7 Å². The lowest BCUT2D eigenvalue weighted by molar-refractivity contribution is 0.255. The fourth-order valence-corrected chi connectivity index (χ4v) is 6.13. The van der Waals surface area contributed by atoms with Gasteiger partial charge in [0.2, 0.25) is 0 Å². The Morgan fingerprint density at radius 1 is 1.23 bits per heavy atom. The highest BCUT2D eigenvalue weighted by Gasteiger charge is 2.29. The first-order chi connectivity index (χ1) is 14.1. The Bertz CT molecular complexity index is 687. The molecule has 1 heterocycles. The van der Waals surface area contributed by atoms with Gasteiger partial charge in [0.25, 0.3) is 0 Å². The Labute approximate surface area is 202 Å². The molecule has 2 N–H and O–H groups in total. The number of aliphatic imine (C=N–C) groups is 1. The lowest BCUT2D eigenvalue weighted by atomic mass is 9.95. The van der Waals surface area contributed by atoms with Crippen LogP contribution < -0.4 is 10.6 Å². The van der Waals surface area contributed by atoms with E-state index in [1.54, 1.807) is 0 Å². The summed E-state index contributed by atoms with van der Waals surface area (Å²) in [7, 11) is 1.16. The summed E-state index contributed by atoms with van der Waals surface area (Å²) in [5.74, 6) is 2.30. The van der Waals surface area contributed by atoms with E-state index in [9.17, 15) is 4.21 Å². The maximum Gasteiger partial charge on any atom is 0.191 e. The topological polar surface area (TPSA) is 56.7 Å². The molecule has 30 heavy (non-hydrogen) atoms. The van der Waals surface area contributed by atoms with E-state index in [0.717, 1.165) is 57.0 Å². The number of guanidine groups is 1. The molecule has 0 spiro atoms. The zero-order valence-electron chi connectivity index (χ0n) is 18.7. The van der Waals surface area contributed by atoms with E-state index in [1.165, 1.54) is 12.0 Å². The van der Waals surface area contributed by atoms with Gasteiger partial charge < -0.3 is 10.6 Å². The van der Waals surface area contributed by atoms with Crippen molar-refractivity contribution in [1.82, 2.24) is 15.5 Å². The summed E-state index contributed by atoms with van der Waals surface area (Å²) >= 11 is 0. The summed E-state index contributed by atoms with van der Waals surface area (Å²) < 4.78 is 12.2. The average molecular weight is 547 g/mol. The largest absolute Gasteiger partial charge is 0.356 e. The molecule has 1 aliphatic carbocycles. The van der Waals surface area contributed by atoms with Crippen molar-refractivity contribution in [3.63, 3.8) is 0 Å². The standard InChI is InChI=1S/C23H38N4OS.HI/c1-4-29(28)22-12-8-11-21(14-22)26-23(24-3)25-15-20-13-18(2)27(17-20)16-19-9-6-5-7-10-19;/h5-7,9-10,18,20-22H,4,8,11-17H2,1-3H3,(H2,24,25,26);1H. The molecule has 0 amide bonds. The first kappa shape index (κ1) is 25.6. The number of rotatable bonds is 7. The summed E-state index contributed by atoms with van der Waals surface area (Å²) in [6.07, 6.45) is 5.61. The normalized spacial score (nSPS) is 28.6. The van der Waals surface area contributed by atoms with Crippen molar-refractivity contribution in [3.8, 4) is 0 Å². The minimum absolute atomic E-state index is 0. The van der Waals surface area contributed by atoms with E-state index < -0.39 is 10.8 Å². The number of halogens is 1. The Hall–Kier alpha value is -0.670. The zero-order chi connectivity index (χ0) is 20.6. The third-order valence-electron chi connectivity index (χ3n) is 6.42. The quantitative estimate of drug-likeness (QED) is 0.311.